The van der Waals surface area contributed by atoms with Crippen LogP contribution in [0.15, 0.2) is 60.6 Å². The van der Waals surface area contributed by atoms with Crippen LogP contribution >= 0.6 is 11.3 Å². The molecule has 4 aromatic heterocycles. The summed E-state index contributed by atoms with van der Waals surface area (Å²) in [5, 5.41) is 21.1. The number of aryl methyl sites for hydroxylation is 1. The summed E-state index contributed by atoms with van der Waals surface area (Å²) in [6, 6.07) is 8.40. The largest absolute Gasteiger partial charge is 0.490 e. The van der Waals surface area contributed by atoms with Gasteiger partial charge in [-0.05, 0) is 42.6 Å². The zero-order valence-electron chi connectivity index (χ0n) is 24.8. The van der Waals surface area contributed by atoms with E-state index in [-0.39, 0.29) is 53.3 Å². The highest BCUT2D eigenvalue weighted by molar-refractivity contribution is 7.18. The van der Waals surface area contributed by atoms with Crippen molar-refractivity contribution in [2.24, 2.45) is 7.05 Å². The molecule has 0 saturated heterocycles. The third-order valence-corrected chi connectivity index (χ3v) is 9.24. The number of carbonyl (C=O) groups is 1. The van der Waals surface area contributed by atoms with E-state index in [1.807, 2.05) is 6.92 Å². The van der Waals surface area contributed by atoms with E-state index in [2.05, 4.69) is 11.7 Å². The van der Waals surface area contributed by atoms with Crippen molar-refractivity contribution < 1.29 is 27.8 Å². The van der Waals surface area contributed by atoms with Gasteiger partial charge >= 0.3 is 0 Å². The predicted molar refractivity (Wildman–Crippen MR) is 169 cm³/mol. The van der Waals surface area contributed by atoms with Crippen LogP contribution in [-0.4, -0.2) is 60.2 Å². The zero-order chi connectivity index (χ0) is 32.3. The molecule has 7 rings (SSSR count). The highest BCUT2D eigenvalue weighted by Gasteiger charge is 2.32. The predicted octanol–water partition coefficient (Wildman–Crippen LogP) is 6.26. The second kappa shape index (κ2) is 11.4. The molecule has 0 spiro atoms. The molecule has 0 aliphatic carbocycles. The number of nitrogens with zero attached hydrogens (tertiary/aromatic N) is 6. The Morgan fingerprint density at radius 2 is 1.96 bits per heavy atom. The second-order valence-corrected chi connectivity index (χ2v) is 11.8. The van der Waals surface area contributed by atoms with Crippen LogP contribution in [0.25, 0.3) is 54.8 Å². The number of pyridine rings is 1. The third-order valence-electron chi connectivity index (χ3n) is 8.31. The Kier molecular flexibility index (Phi) is 7.36. The monoisotopic (exact) mass is 644 g/mol. The fourth-order valence-electron chi connectivity index (χ4n) is 6.12. The van der Waals surface area contributed by atoms with E-state index in [0.29, 0.717) is 45.5 Å². The average molecular weight is 645 g/mol. The topological polar surface area (TPSA) is 98.3 Å². The number of aliphatic hydroxyl groups is 1. The Morgan fingerprint density at radius 1 is 1.13 bits per heavy atom. The van der Waals surface area contributed by atoms with Crippen LogP contribution < -0.4 is 4.74 Å². The number of amides is 1. The van der Waals surface area contributed by atoms with Gasteiger partial charge in [-0.3, -0.25) is 14.2 Å². The maximum absolute atomic E-state index is 16.2. The number of benzene rings is 2. The third kappa shape index (κ3) is 4.65. The second-order valence-electron chi connectivity index (χ2n) is 10.9. The Labute approximate surface area is 264 Å². The van der Waals surface area contributed by atoms with Gasteiger partial charge in [-0.1, -0.05) is 6.58 Å². The summed E-state index contributed by atoms with van der Waals surface area (Å²) < 4.78 is 56.2. The van der Waals surface area contributed by atoms with Crippen molar-refractivity contribution in [3.05, 3.63) is 83.8 Å². The van der Waals surface area contributed by atoms with Crippen molar-refractivity contribution in [1.82, 2.24) is 29.4 Å². The van der Waals surface area contributed by atoms with E-state index in [4.69, 9.17) is 14.8 Å². The molecule has 1 N–H and O–H groups in total. The minimum Gasteiger partial charge on any atom is -0.490 e. The summed E-state index contributed by atoms with van der Waals surface area (Å²) in [6.07, 6.45) is 2.72. The van der Waals surface area contributed by atoms with Crippen LogP contribution in [0, 0.1) is 17.5 Å². The smallest absolute Gasteiger partial charge is 0.246 e. The van der Waals surface area contributed by atoms with E-state index in [9.17, 15) is 14.3 Å². The van der Waals surface area contributed by atoms with Gasteiger partial charge in [0.15, 0.2) is 0 Å². The summed E-state index contributed by atoms with van der Waals surface area (Å²) in [4.78, 5) is 19.2. The SMILES string of the molecule is C=CC(=O)N1CCn2nc(-c3nc(-c4ccc5c(cnn5C)c4F)c4ccsc4c3-c3c(F)cc(F)cc3OCCO)cc2[C@H]1C. The maximum Gasteiger partial charge on any atom is 0.246 e. The molecule has 46 heavy (non-hydrogen) atoms. The molecule has 0 fully saturated rings. The number of ether oxygens (including phenoxy) is 1. The first-order chi connectivity index (χ1) is 22.2. The summed E-state index contributed by atoms with van der Waals surface area (Å²) in [5.41, 5.74) is 2.62. The van der Waals surface area contributed by atoms with Gasteiger partial charge in [-0.25, -0.2) is 18.2 Å². The Hall–Kier alpha value is -5.01. The lowest BCUT2D eigenvalue weighted by Crippen LogP contribution is -2.40. The number of rotatable bonds is 7. The quantitative estimate of drug-likeness (QED) is 0.206. The Bertz CT molecular complexity index is 2190. The fourth-order valence-corrected chi connectivity index (χ4v) is 7.07. The van der Waals surface area contributed by atoms with Crippen molar-refractivity contribution >= 4 is 38.2 Å². The summed E-state index contributed by atoms with van der Waals surface area (Å²) in [6.45, 7) is 5.70. The fraction of sp³-hybridized carbons (Fsp3) is 0.212. The van der Waals surface area contributed by atoms with Gasteiger partial charge in [0, 0.05) is 46.9 Å². The van der Waals surface area contributed by atoms with Gasteiger partial charge in [-0.15, -0.1) is 11.3 Å². The lowest BCUT2D eigenvalue weighted by molar-refractivity contribution is -0.129. The summed E-state index contributed by atoms with van der Waals surface area (Å²) in [7, 11) is 1.72. The highest BCUT2D eigenvalue weighted by Crippen LogP contribution is 2.48. The molecule has 2 aromatic carbocycles. The van der Waals surface area contributed by atoms with Crippen LogP contribution in [0.2, 0.25) is 0 Å². The lowest BCUT2D eigenvalue weighted by atomic mass is 9.96. The van der Waals surface area contributed by atoms with E-state index in [1.165, 1.54) is 23.6 Å². The van der Waals surface area contributed by atoms with Crippen LogP contribution in [0.3, 0.4) is 0 Å². The number of hydrogen-bond acceptors (Lipinski definition) is 7. The molecular weight excluding hydrogens is 617 g/mol. The van der Waals surface area contributed by atoms with E-state index < -0.39 is 17.5 Å². The van der Waals surface area contributed by atoms with E-state index >= 15 is 8.78 Å². The highest BCUT2D eigenvalue weighted by atomic mass is 32.1. The summed E-state index contributed by atoms with van der Waals surface area (Å²) in [5.74, 6) is -2.61. The molecule has 0 unspecified atom stereocenters. The molecule has 1 amide bonds. The van der Waals surface area contributed by atoms with Gasteiger partial charge < -0.3 is 14.7 Å². The van der Waals surface area contributed by atoms with E-state index in [0.717, 1.165) is 17.8 Å². The van der Waals surface area contributed by atoms with Gasteiger partial charge in [0.05, 0.1) is 53.2 Å². The number of halogens is 3. The van der Waals surface area contributed by atoms with Gasteiger partial charge in [-0.2, -0.15) is 10.2 Å². The minimum absolute atomic E-state index is 0.0676. The Morgan fingerprint density at radius 3 is 2.74 bits per heavy atom. The number of fused-ring (bicyclic) bond motifs is 3. The molecule has 0 bridgehead atoms. The van der Waals surface area contributed by atoms with Crippen molar-refractivity contribution in [3.8, 4) is 39.5 Å². The van der Waals surface area contributed by atoms with Crippen LogP contribution in [0.5, 0.6) is 5.75 Å². The number of aromatic nitrogens is 5. The normalized spacial score (nSPS) is 14.7. The molecule has 13 heteroatoms. The number of hydrogen-bond donors (Lipinski definition) is 1. The zero-order valence-corrected chi connectivity index (χ0v) is 25.6. The Balaban J connectivity index is 1.54. The molecular formula is C33H27F3N6O3S. The average Bonchev–Trinajstić information content (AvgIpc) is 3.79. The van der Waals surface area contributed by atoms with Crippen molar-refractivity contribution in [2.45, 2.75) is 19.5 Å². The molecule has 0 saturated carbocycles. The van der Waals surface area contributed by atoms with Gasteiger partial charge in [0.25, 0.3) is 0 Å². The maximum atomic E-state index is 16.2. The van der Waals surface area contributed by atoms with Gasteiger partial charge in [0.1, 0.15) is 41.2 Å². The molecule has 1 aliphatic heterocycles. The number of carbonyl (C=O) groups excluding carboxylic acids is 1. The molecule has 9 nitrogen and oxygen atoms in total. The molecule has 0 radical (unpaired) electrons. The van der Waals surface area contributed by atoms with Crippen LogP contribution in [0.4, 0.5) is 13.2 Å². The molecule has 234 valence electrons. The minimum atomic E-state index is -0.901. The first-order valence-electron chi connectivity index (χ1n) is 14.5. The van der Waals surface area contributed by atoms with Crippen LogP contribution in [0.1, 0.15) is 18.7 Å². The molecule has 1 atom stereocenters. The lowest BCUT2D eigenvalue weighted by Gasteiger charge is -2.33. The van der Waals surface area contributed by atoms with E-state index in [1.54, 1.807) is 51.0 Å². The standard InChI is InChI=1S/C33H27F3N6O3S/c1-4-27(44)41-8-9-42-25(17(41)2)15-23(39-42)32-29(28-22(35)13-18(34)14-26(28)45-11-10-43)33-20(7-12-46-33)31(38-32)19-5-6-24-21(30(19)36)16-37-40(24)3/h4-7,12-17,43H,1,8-11H2,2-3H3/t17-/m1/s1. The molecule has 5 heterocycles. The molecule has 6 aromatic rings. The summed E-state index contributed by atoms with van der Waals surface area (Å²) >= 11 is 1.29. The first kappa shape index (κ1) is 29.7. The number of aliphatic hydroxyl groups excluding tert-OH is 1. The van der Waals surface area contributed by atoms with Crippen molar-refractivity contribution in [3.63, 3.8) is 0 Å². The molecule has 1 aliphatic rings. The van der Waals surface area contributed by atoms with Crippen molar-refractivity contribution in [2.75, 3.05) is 19.8 Å². The van der Waals surface area contributed by atoms with Crippen LogP contribution in [-0.2, 0) is 18.4 Å². The van der Waals surface area contributed by atoms with Gasteiger partial charge in [0.2, 0.25) is 5.91 Å². The first-order valence-corrected chi connectivity index (χ1v) is 15.4. The van der Waals surface area contributed by atoms with Crippen molar-refractivity contribution in [1.29, 1.82) is 0 Å². The number of thiophene rings is 1.